The minimum atomic E-state index is -0.940. The van der Waals surface area contributed by atoms with Crippen molar-refractivity contribution in [2.24, 2.45) is 0 Å². The smallest absolute Gasteiger partial charge is 0.333 e. The first-order valence-electron chi connectivity index (χ1n) is 10.6. The van der Waals surface area contributed by atoms with Gasteiger partial charge in [-0.15, -0.1) is 0 Å². The second kappa shape index (κ2) is 10.4. The minimum absolute atomic E-state index is 0.177. The Balaban J connectivity index is 1.88. The maximum absolute atomic E-state index is 13.4. The summed E-state index contributed by atoms with van der Waals surface area (Å²) in [5.41, 5.74) is 2.24. The molecule has 3 aromatic rings. The third-order valence-corrected chi connectivity index (χ3v) is 6.04. The molecule has 1 amide bonds. The van der Waals surface area contributed by atoms with E-state index < -0.39 is 24.2 Å². The first kappa shape index (κ1) is 23.3. The summed E-state index contributed by atoms with van der Waals surface area (Å²) in [6.45, 7) is 1.76. The van der Waals surface area contributed by atoms with E-state index in [1.807, 2.05) is 60.7 Å². The van der Waals surface area contributed by atoms with Crippen LogP contribution >= 0.6 is 23.2 Å². The van der Waals surface area contributed by atoms with Crippen LogP contribution in [0.1, 0.15) is 41.8 Å². The second-order valence-electron chi connectivity index (χ2n) is 7.65. The molecule has 1 fully saturated rings. The highest BCUT2D eigenvalue weighted by molar-refractivity contribution is 6.30. The normalized spacial score (nSPS) is 19.2. The molecular weight excluding hydrogens is 461 g/mol. The monoisotopic (exact) mass is 483 g/mol. The van der Waals surface area contributed by atoms with Gasteiger partial charge in [-0.25, -0.2) is 4.79 Å². The van der Waals surface area contributed by atoms with Crippen LogP contribution in [0.25, 0.3) is 0 Å². The molecule has 0 spiro atoms. The molecule has 0 bridgehead atoms. The SMILES string of the molecule is CCOC(=O)[C@@H](c1ccccc1)N1C(=O)CO[C@H](c2cccc(Cl)c2)[C@@H]1c1ccc(Cl)cc1. The van der Waals surface area contributed by atoms with Crippen molar-refractivity contribution in [2.45, 2.75) is 25.1 Å². The number of hydrogen-bond donors (Lipinski definition) is 0. The van der Waals surface area contributed by atoms with Crippen LogP contribution in [-0.2, 0) is 19.1 Å². The molecular formula is C26H23Cl2NO4. The molecule has 0 aromatic heterocycles. The average Bonchev–Trinajstić information content (AvgIpc) is 2.82. The number of amides is 1. The quantitative estimate of drug-likeness (QED) is 0.407. The molecule has 3 aromatic carbocycles. The van der Waals surface area contributed by atoms with Gasteiger partial charge in [-0.05, 0) is 47.9 Å². The minimum Gasteiger partial charge on any atom is -0.464 e. The molecule has 0 aliphatic carbocycles. The molecule has 33 heavy (non-hydrogen) atoms. The largest absolute Gasteiger partial charge is 0.464 e. The van der Waals surface area contributed by atoms with Crippen molar-refractivity contribution in [3.05, 3.63) is 106 Å². The number of rotatable bonds is 6. The highest BCUT2D eigenvalue weighted by atomic mass is 35.5. The molecule has 1 aliphatic rings. The van der Waals surface area contributed by atoms with Gasteiger partial charge in [-0.2, -0.15) is 0 Å². The van der Waals surface area contributed by atoms with Gasteiger partial charge in [0.05, 0.1) is 12.6 Å². The molecule has 0 N–H and O–H groups in total. The maximum Gasteiger partial charge on any atom is 0.333 e. The number of hydrogen-bond acceptors (Lipinski definition) is 4. The van der Waals surface area contributed by atoms with Crippen molar-refractivity contribution in [1.82, 2.24) is 4.90 Å². The lowest BCUT2D eigenvalue weighted by Crippen LogP contribution is -2.49. The van der Waals surface area contributed by atoms with Gasteiger partial charge in [0.15, 0.2) is 6.04 Å². The van der Waals surface area contributed by atoms with Gasteiger partial charge < -0.3 is 14.4 Å². The van der Waals surface area contributed by atoms with Gasteiger partial charge in [0.1, 0.15) is 12.7 Å². The van der Waals surface area contributed by atoms with Gasteiger partial charge in [-0.1, -0.05) is 77.8 Å². The van der Waals surface area contributed by atoms with E-state index in [0.29, 0.717) is 15.6 Å². The standard InChI is InChI=1S/C26H23Cl2NO4/c1-2-32-26(31)24(17-7-4-3-5-8-17)29-22(30)16-33-25(19-9-6-10-21(28)15-19)23(29)18-11-13-20(27)14-12-18/h3-15,23-25H,2,16H2,1H3/t23-,24+,25+/m0/s1. The van der Waals surface area contributed by atoms with Crippen LogP contribution in [0.4, 0.5) is 0 Å². The van der Waals surface area contributed by atoms with Gasteiger partial charge in [-0.3, -0.25) is 4.79 Å². The van der Waals surface area contributed by atoms with E-state index in [-0.39, 0.29) is 19.1 Å². The molecule has 1 saturated heterocycles. The third kappa shape index (κ3) is 5.06. The maximum atomic E-state index is 13.4. The zero-order chi connectivity index (χ0) is 23.4. The summed E-state index contributed by atoms with van der Waals surface area (Å²) in [6, 6.07) is 22.1. The van der Waals surface area contributed by atoms with Gasteiger partial charge in [0.2, 0.25) is 5.91 Å². The number of morpholine rings is 1. The van der Waals surface area contributed by atoms with Gasteiger partial charge in [0.25, 0.3) is 0 Å². The van der Waals surface area contributed by atoms with E-state index in [2.05, 4.69) is 0 Å². The molecule has 1 heterocycles. The van der Waals surface area contributed by atoms with E-state index in [9.17, 15) is 9.59 Å². The van der Waals surface area contributed by atoms with Crippen LogP contribution in [-0.4, -0.2) is 30.0 Å². The van der Waals surface area contributed by atoms with Crippen LogP contribution in [0.2, 0.25) is 10.0 Å². The van der Waals surface area contributed by atoms with Crippen molar-refractivity contribution in [1.29, 1.82) is 0 Å². The Labute approximate surface area is 202 Å². The fourth-order valence-corrected chi connectivity index (χ4v) is 4.48. The van der Waals surface area contributed by atoms with Crippen LogP contribution in [0.15, 0.2) is 78.9 Å². The predicted molar refractivity (Wildman–Crippen MR) is 127 cm³/mol. The van der Waals surface area contributed by atoms with E-state index in [1.165, 1.54) is 0 Å². The number of carbonyl (C=O) groups excluding carboxylic acids is 2. The summed E-state index contributed by atoms with van der Waals surface area (Å²) in [7, 11) is 0. The zero-order valence-electron chi connectivity index (χ0n) is 18.0. The molecule has 170 valence electrons. The molecule has 3 atom stereocenters. The van der Waals surface area contributed by atoms with E-state index in [4.69, 9.17) is 32.7 Å². The number of carbonyl (C=O) groups is 2. The van der Waals surface area contributed by atoms with E-state index in [0.717, 1.165) is 11.1 Å². The Morgan fingerprint density at radius 2 is 1.73 bits per heavy atom. The van der Waals surface area contributed by atoms with Crippen molar-refractivity contribution in [3.63, 3.8) is 0 Å². The third-order valence-electron chi connectivity index (χ3n) is 5.55. The lowest BCUT2D eigenvalue weighted by molar-refractivity contribution is -0.174. The summed E-state index contributed by atoms with van der Waals surface area (Å²) >= 11 is 12.4. The number of nitrogens with zero attached hydrogens (tertiary/aromatic N) is 1. The summed E-state index contributed by atoms with van der Waals surface area (Å²) in [5.74, 6) is -0.808. The lowest BCUT2D eigenvalue weighted by Gasteiger charge is -2.44. The first-order valence-corrected chi connectivity index (χ1v) is 11.4. The summed E-state index contributed by atoms with van der Waals surface area (Å²) in [4.78, 5) is 28.1. The molecule has 4 rings (SSSR count). The van der Waals surface area contributed by atoms with E-state index >= 15 is 0 Å². The summed E-state index contributed by atoms with van der Waals surface area (Å²) in [6.07, 6.45) is -0.553. The van der Waals surface area contributed by atoms with Crippen molar-refractivity contribution >= 4 is 35.1 Å². The van der Waals surface area contributed by atoms with Crippen LogP contribution < -0.4 is 0 Å². The van der Waals surface area contributed by atoms with Crippen molar-refractivity contribution in [3.8, 4) is 0 Å². The predicted octanol–water partition coefficient (Wildman–Crippen LogP) is 5.94. The summed E-state index contributed by atoms with van der Waals surface area (Å²) < 4.78 is 11.5. The summed E-state index contributed by atoms with van der Waals surface area (Å²) in [5, 5.41) is 1.12. The number of ether oxygens (including phenoxy) is 2. The van der Waals surface area contributed by atoms with Gasteiger partial charge in [0, 0.05) is 10.0 Å². The molecule has 1 aliphatic heterocycles. The fourth-order valence-electron chi connectivity index (χ4n) is 4.16. The first-order chi connectivity index (χ1) is 16.0. The molecule has 0 unspecified atom stereocenters. The number of esters is 1. The van der Waals surface area contributed by atoms with Crippen molar-refractivity contribution in [2.75, 3.05) is 13.2 Å². The average molecular weight is 484 g/mol. The lowest BCUT2D eigenvalue weighted by atomic mass is 9.90. The topological polar surface area (TPSA) is 55.8 Å². The van der Waals surface area contributed by atoms with Crippen LogP contribution in [0.5, 0.6) is 0 Å². The molecule has 0 radical (unpaired) electrons. The molecule has 0 saturated carbocycles. The highest BCUT2D eigenvalue weighted by Crippen LogP contribution is 2.45. The van der Waals surface area contributed by atoms with Gasteiger partial charge >= 0.3 is 5.97 Å². The van der Waals surface area contributed by atoms with Crippen molar-refractivity contribution < 1.29 is 19.1 Å². The Bertz CT molecular complexity index is 1120. The second-order valence-corrected chi connectivity index (χ2v) is 8.52. The Morgan fingerprint density at radius 1 is 1.00 bits per heavy atom. The highest BCUT2D eigenvalue weighted by Gasteiger charge is 2.45. The Kier molecular flexibility index (Phi) is 7.33. The Morgan fingerprint density at radius 3 is 2.39 bits per heavy atom. The number of halogens is 2. The van der Waals surface area contributed by atoms with E-state index in [1.54, 1.807) is 30.0 Å². The van der Waals surface area contributed by atoms with Crippen LogP contribution in [0.3, 0.4) is 0 Å². The fraction of sp³-hybridized carbons (Fsp3) is 0.231. The van der Waals surface area contributed by atoms with Crippen LogP contribution in [0, 0.1) is 0 Å². The zero-order valence-corrected chi connectivity index (χ0v) is 19.5. The molecule has 5 nitrogen and oxygen atoms in total. The molecule has 7 heteroatoms. The number of benzene rings is 3. The Hall–Kier alpha value is -2.86.